The Morgan fingerprint density at radius 3 is 2.59 bits per heavy atom. The third-order valence-corrected chi connectivity index (χ3v) is 6.51. The van der Waals surface area contributed by atoms with Gasteiger partial charge in [-0.15, -0.1) is 0 Å². The van der Waals surface area contributed by atoms with Gasteiger partial charge in [-0.3, -0.25) is 4.79 Å². The highest BCUT2D eigenvalue weighted by molar-refractivity contribution is 6.37. The van der Waals surface area contributed by atoms with Gasteiger partial charge in [0.05, 0.1) is 33.8 Å². The Hall–Kier alpha value is -3.85. The molecule has 0 unspecified atom stereocenters. The minimum atomic E-state index is -0.914. The number of fused-ring (bicyclic) bond motifs is 2. The average molecular weight is 585 g/mol. The molecule has 5 rings (SSSR count). The van der Waals surface area contributed by atoms with Crippen LogP contribution in [-0.2, 0) is 9.53 Å². The number of hydrogen-bond donors (Lipinski definition) is 0. The molecule has 0 N–H and O–H groups in total. The molecule has 0 aliphatic carbocycles. The molecule has 1 atom stereocenters. The number of aromatic nitrogens is 2. The number of halogens is 3. The first kappa shape index (κ1) is 26.7. The first-order valence-corrected chi connectivity index (χ1v) is 13.0. The van der Waals surface area contributed by atoms with Crippen molar-refractivity contribution in [3.63, 3.8) is 0 Å². The van der Waals surface area contributed by atoms with E-state index in [9.17, 15) is 9.59 Å². The van der Waals surface area contributed by atoms with Crippen LogP contribution in [0.2, 0.25) is 15.1 Å². The van der Waals surface area contributed by atoms with Crippen molar-refractivity contribution in [1.29, 1.82) is 0 Å². The Morgan fingerprint density at radius 1 is 1.10 bits per heavy atom. The molecule has 11 heteroatoms. The van der Waals surface area contributed by atoms with Crippen LogP contribution in [0.15, 0.2) is 75.0 Å². The van der Waals surface area contributed by atoms with Crippen molar-refractivity contribution in [2.75, 3.05) is 6.61 Å². The number of ether oxygens (including phenoxy) is 2. The molecule has 0 aliphatic rings. The smallest absolute Gasteiger partial charge is 0.347 e. The van der Waals surface area contributed by atoms with E-state index in [1.165, 1.54) is 13.1 Å². The lowest BCUT2D eigenvalue weighted by Crippen LogP contribution is -2.26. The van der Waals surface area contributed by atoms with Crippen LogP contribution < -0.4 is 10.3 Å². The van der Waals surface area contributed by atoms with Crippen molar-refractivity contribution in [1.82, 2.24) is 9.66 Å². The summed E-state index contributed by atoms with van der Waals surface area (Å²) in [6, 6.07) is 17.0. The van der Waals surface area contributed by atoms with Gasteiger partial charge in [-0.05, 0) is 67.9 Å². The highest BCUT2D eigenvalue weighted by Gasteiger charge is 2.20. The zero-order valence-corrected chi connectivity index (χ0v) is 22.9. The summed E-state index contributed by atoms with van der Waals surface area (Å²) < 4.78 is 17.7. The number of para-hydroxylation sites is 1. The van der Waals surface area contributed by atoms with Crippen molar-refractivity contribution in [2.45, 2.75) is 20.0 Å². The van der Waals surface area contributed by atoms with E-state index in [4.69, 9.17) is 48.7 Å². The molecule has 2 aromatic heterocycles. The summed E-state index contributed by atoms with van der Waals surface area (Å²) in [4.78, 5) is 30.1. The van der Waals surface area contributed by atoms with Gasteiger partial charge < -0.3 is 13.9 Å². The van der Waals surface area contributed by atoms with E-state index in [0.29, 0.717) is 32.8 Å². The van der Waals surface area contributed by atoms with Crippen molar-refractivity contribution in [3.05, 3.63) is 91.6 Å². The number of rotatable bonds is 7. The van der Waals surface area contributed by atoms with Gasteiger partial charge in [-0.1, -0.05) is 46.9 Å². The third-order valence-electron chi connectivity index (χ3n) is 5.71. The summed E-state index contributed by atoms with van der Waals surface area (Å²) in [7, 11) is 0. The highest BCUT2D eigenvalue weighted by Crippen LogP contribution is 2.35. The van der Waals surface area contributed by atoms with Gasteiger partial charge in [0.2, 0.25) is 5.82 Å². The molecule has 0 saturated heterocycles. The van der Waals surface area contributed by atoms with E-state index in [1.54, 1.807) is 67.6 Å². The van der Waals surface area contributed by atoms with E-state index in [0.717, 1.165) is 10.1 Å². The van der Waals surface area contributed by atoms with Crippen molar-refractivity contribution in [3.8, 4) is 17.3 Å². The lowest BCUT2D eigenvalue weighted by Gasteiger charge is -2.16. The minimum absolute atomic E-state index is 0.127. The largest absolute Gasteiger partial charge is 0.476 e. The van der Waals surface area contributed by atoms with Crippen LogP contribution in [0, 0.1) is 0 Å². The number of carbonyl (C=O) groups excluding carboxylic acids is 1. The van der Waals surface area contributed by atoms with Gasteiger partial charge in [0.1, 0.15) is 5.58 Å². The molecular weight excluding hydrogens is 565 g/mol. The Kier molecular flexibility index (Phi) is 7.61. The molecule has 5 aromatic rings. The lowest BCUT2D eigenvalue weighted by molar-refractivity contribution is -0.150. The van der Waals surface area contributed by atoms with Crippen LogP contribution in [0.4, 0.5) is 0 Å². The van der Waals surface area contributed by atoms with Crippen molar-refractivity contribution < 1.29 is 18.7 Å². The standard InChI is InChI=1S/C28H20Cl3N3O5/c1-3-37-28(36)15(2)38-25-20(30)10-16(11-21(25)31)14-32-34-26(33-22-7-5-4-6-19(22)27(34)35)24-13-17-12-18(29)8-9-23(17)39-24/h4-15H,3H2,1-2H3/t15-/m1/s1. The first-order valence-electron chi connectivity index (χ1n) is 11.8. The molecule has 3 aromatic carbocycles. The summed E-state index contributed by atoms with van der Waals surface area (Å²) in [5.41, 5.74) is 1.15. The van der Waals surface area contributed by atoms with Gasteiger partial charge in [0.15, 0.2) is 17.6 Å². The van der Waals surface area contributed by atoms with Crippen LogP contribution in [0.5, 0.6) is 5.75 Å². The fraction of sp³-hybridized carbons (Fsp3) is 0.143. The summed E-state index contributed by atoms with van der Waals surface area (Å²) >= 11 is 18.9. The molecule has 0 aliphatic heterocycles. The number of esters is 1. The normalized spacial score (nSPS) is 12.3. The van der Waals surface area contributed by atoms with Gasteiger partial charge in [0, 0.05) is 10.4 Å². The maximum absolute atomic E-state index is 13.5. The third kappa shape index (κ3) is 5.49. The second-order valence-electron chi connectivity index (χ2n) is 8.43. The Balaban J connectivity index is 1.56. The number of furan rings is 1. The van der Waals surface area contributed by atoms with E-state index in [2.05, 4.69) is 10.1 Å². The molecule has 2 heterocycles. The molecule has 0 fully saturated rings. The molecule has 8 nitrogen and oxygen atoms in total. The minimum Gasteiger partial charge on any atom is -0.476 e. The Bertz CT molecular complexity index is 1790. The van der Waals surface area contributed by atoms with E-state index >= 15 is 0 Å². The predicted octanol–water partition coefficient (Wildman–Crippen LogP) is 6.98. The first-order chi connectivity index (χ1) is 18.7. The Morgan fingerprint density at radius 2 is 1.85 bits per heavy atom. The second-order valence-corrected chi connectivity index (χ2v) is 9.68. The monoisotopic (exact) mass is 583 g/mol. The van der Waals surface area contributed by atoms with Gasteiger partial charge >= 0.3 is 5.97 Å². The van der Waals surface area contributed by atoms with Crippen molar-refractivity contribution in [2.24, 2.45) is 5.10 Å². The number of benzene rings is 3. The summed E-state index contributed by atoms with van der Waals surface area (Å²) in [6.45, 7) is 3.45. The quantitative estimate of drug-likeness (QED) is 0.151. The Labute approximate surface area is 237 Å². The maximum Gasteiger partial charge on any atom is 0.347 e. The summed E-state index contributed by atoms with van der Waals surface area (Å²) in [6.07, 6.45) is 0.500. The maximum atomic E-state index is 13.5. The number of nitrogens with zero attached hydrogens (tertiary/aromatic N) is 3. The van der Waals surface area contributed by atoms with Crippen LogP contribution in [0.3, 0.4) is 0 Å². The zero-order chi connectivity index (χ0) is 27.7. The predicted molar refractivity (Wildman–Crippen MR) is 152 cm³/mol. The molecule has 0 spiro atoms. The summed E-state index contributed by atoms with van der Waals surface area (Å²) in [5, 5.41) is 6.40. The van der Waals surface area contributed by atoms with Gasteiger partial charge in [-0.25, -0.2) is 9.78 Å². The van der Waals surface area contributed by atoms with E-state index in [-0.39, 0.29) is 28.2 Å². The average Bonchev–Trinajstić information content (AvgIpc) is 3.33. The fourth-order valence-corrected chi connectivity index (χ4v) is 4.66. The number of carbonyl (C=O) groups is 1. The molecule has 39 heavy (non-hydrogen) atoms. The molecule has 0 saturated carbocycles. The molecule has 0 amide bonds. The molecule has 0 radical (unpaired) electrons. The van der Waals surface area contributed by atoms with Crippen LogP contribution in [0.1, 0.15) is 19.4 Å². The zero-order valence-electron chi connectivity index (χ0n) is 20.7. The second kappa shape index (κ2) is 11.1. The van der Waals surface area contributed by atoms with E-state index in [1.807, 2.05) is 0 Å². The van der Waals surface area contributed by atoms with Gasteiger partial charge in [-0.2, -0.15) is 9.78 Å². The van der Waals surface area contributed by atoms with Crippen molar-refractivity contribution >= 4 is 68.9 Å². The SMILES string of the molecule is CCOC(=O)[C@@H](C)Oc1c(Cl)cc(C=Nn2c(-c3cc4cc(Cl)ccc4o3)nc3ccccc3c2=O)cc1Cl. The lowest BCUT2D eigenvalue weighted by atomic mass is 10.2. The highest BCUT2D eigenvalue weighted by atomic mass is 35.5. The fourth-order valence-electron chi connectivity index (χ4n) is 3.89. The molecule has 0 bridgehead atoms. The molecule has 198 valence electrons. The number of hydrogen-bond acceptors (Lipinski definition) is 7. The van der Waals surface area contributed by atoms with Crippen LogP contribution >= 0.6 is 34.8 Å². The summed E-state index contributed by atoms with van der Waals surface area (Å²) in [5.74, 6) is 0.115. The van der Waals surface area contributed by atoms with Gasteiger partial charge in [0.25, 0.3) is 5.56 Å². The molecular formula is C28H20Cl3N3O5. The topological polar surface area (TPSA) is 95.9 Å². The van der Waals surface area contributed by atoms with E-state index < -0.39 is 17.6 Å². The van der Waals surface area contributed by atoms with Crippen LogP contribution in [-0.4, -0.2) is 34.6 Å². The van der Waals surface area contributed by atoms with Crippen LogP contribution in [0.25, 0.3) is 33.5 Å².